The first kappa shape index (κ1) is 11.4. The number of hydrogen-bond donors (Lipinski definition) is 1. The predicted molar refractivity (Wildman–Crippen MR) is 66.0 cm³/mol. The second kappa shape index (κ2) is 5.34. The first-order chi connectivity index (χ1) is 7.24. The minimum atomic E-state index is 0.738. The van der Waals surface area contributed by atoms with E-state index in [9.17, 15) is 0 Å². The lowest BCUT2D eigenvalue weighted by Gasteiger charge is -2.22. The van der Waals surface area contributed by atoms with E-state index < -0.39 is 0 Å². The third kappa shape index (κ3) is 4.14. The van der Waals surface area contributed by atoms with E-state index in [1.54, 1.807) is 0 Å². The van der Waals surface area contributed by atoms with Crippen molar-refractivity contribution in [2.75, 3.05) is 0 Å². The highest BCUT2D eigenvalue weighted by atomic mass is 14.9. The van der Waals surface area contributed by atoms with Crippen LogP contribution in [0.25, 0.3) is 0 Å². The number of hydrogen-bond acceptors (Lipinski definition) is 1. The van der Waals surface area contributed by atoms with Gasteiger partial charge in [0.05, 0.1) is 0 Å². The highest BCUT2D eigenvalue weighted by molar-refractivity contribution is 4.80. The second-order valence-electron chi connectivity index (χ2n) is 6.03. The van der Waals surface area contributed by atoms with Gasteiger partial charge in [0, 0.05) is 12.1 Å². The highest BCUT2D eigenvalue weighted by Crippen LogP contribution is 2.34. The third-order valence-electron chi connectivity index (χ3n) is 4.11. The van der Waals surface area contributed by atoms with Gasteiger partial charge in [-0.05, 0) is 38.5 Å². The molecule has 0 aromatic heterocycles. The van der Waals surface area contributed by atoms with Crippen LogP contribution in [0.15, 0.2) is 0 Å². The fourth-order valence-corrected chi connectivity index (χ4v) is 3.22. The molecule has 1 N–H and O–H groups in total. The topological polar surface area (TPSA) is 12.0 Å². The van der Waals surface area contributed by atoms with Crippen LogP contribution >= 0.6 is 0 Å². The first-order valence-electron chi connectivity index (χ1n) is 7.00. The van der Waals surface area contributed by atoms with Gasteiger partial charge in [0.1, 0.15) is 0 Å². The minimum absolute atomic E-state index is 0.738. The van der Waals surface area contributed by atoms with Gasteiger partial charge in [-0.2, -0.15) is 0 Å². The van der Waals surface area contributed by atoms with Gasteiger partial charge in [-0.1, -0.05) is 38.5 Å². The maximum atomic E-state index is 3.78. The molecule has 2 atom stereocenters. The van der Waals surface area contributed by atoms with Gasteiger partial charge < -0.3 is 5.32 Å². The van der Waals surface area contributed by atoms with Crippen molar-refractivity contribution in [2.24, 2.45) is 11.8 Å². The van der Waals surface area contributed by atoms with Crippen LogP contribution in [0.3, 0.4) is 0 Å². The molecule has 0 aromatic rings. The average Bonchev–Trinajstić information content (AvgIpc) is 2.80. The van der Waals surface area contributed by atoms with Crippen molar-refractivity contribution in [2.45, 2.75) is 77.3 Å². The van der Waals surface area contributed by atoms with Crippen molar-refractivity contribution in [3.8, 4) is 0 Å². The molecule has 0 bridgehead atoms. The van der Waals surface area contributed by atoms with Crippen molar-refractivity contribution in [3.05, 3.63) is 0 Å². The van der Waals surface area contributed by atoms with Crippen molar-refractivity contribution in [1.82, 2.24) is 5.32 Å². The summed E-state index contributed by atoms with van der Waals surface area (Å²) in [5.41, 5.74) is 0. The van der Waals surface area contributed by atoms with Crippen LogP contribution in [0.4, 0.5) is 0 Å². The molecule has 88 valence electrons. The summed E-state index contributed by atoms with van der Waals surface area (Å²) in [6, 6.07) is 1.48. The van der Waals surface area contributed by atoms with Crippen LogP contribution in [-0.4, -0.2) is 12.1 Å². The van der Waals surface area contributed by atoms with Crippen LogP contribution in [0.1, 0.15) is 65.2 Å². The monoisotopic (exact) mass is 209 g/mol. The van der Waals surface area contributed by atoms with Gasteiger partial charge in [0.2, 0.25) is 0 Å². The zero-order chi connectivity index (χ0) is 10.7. The quantitative estimate of drug-likeness (QED) is 0.703. The Bertz CT molecular complexity index is 180. The normalized spacial score (nSPS) is 26.8. The molecular weight excluding hydrogens is 182 g/mol. The van der Waals surface area contributed by atoms with E-state index in [0.717, 1.165) is 23.9 Å². The summed E-state index contributed by atoms with van der Waals surface area (Å²) in [4.78, 5) is 0. The van der Waals surface area contributed by atoms with E-state index in [4.69, 9.17) is 0 Å². The van der Waals surface area contributed by atoms with Gasteiger partial charge >= 0.3 is 0 Å². The number of rotatable bonds is 6. The summed E-state index contributed by atoms with van der Waals surface area (Å²) in [6.45, 7) is 4.74. The van der Waals surface area contributed by atoms with E-state index in [1.165, 1.54) is 51.4 Å². The first-order valence-corrected chi connectivity index (χ1v) is 7.00. The molecule has 15 heavy (non-hydrogen) atoms. The molecular formula is C14H27N. The predicted octanol–water partition coefficient (Wildman–Crippen LogP) is 3.73. The third-order valence-corrected chi connectivity index (χ3v) is 4.11. The molecule has 1 nitrogen and oxygen atoms in total. The molecule has 0 aromatic carbocycles. The van der Waals surface area contributed by atoms with Crippen molar-refractivity contribution >= 4 is 0 Å². The SMILES string of the molecule is CC(CC1CCCC1)NC(C)CC1CC1. The lowest BCUT2D eigenvalue weighted by atomic mass is 9.98. The van der Waals surface area contributed by atoms with Gasteiger partial charge in [0.15, 0.2) is 0 Å². The Morgan fingerprint density at radius 2 is 1.33 bits per heavy atom. The molecule has 2 aliphatic carbocycles. The van der Waals surface area contributed by atoms with Gasteiger partial charge in [-0.15, -0.1) is 0 Å². The zero-order valence-corrected chi connectivity index (χ0v) is 10.5. The lowest BCUT2D eigenvalue weighted by Crippen LogP contribution is -2.35. The summed E-state index contributed by atoms with van der Waals surface area (Å²) in [5, 5.41) is 3.78. The molecule has 0 aliphatic heterocycles. The lowest BCUT2D eigenvalue weighted by molar-refractivity contribution is 0.361. The van der Waals surface area contributed by atoms with Gasteiger partial charge in [0.25, 0.3) is 0 Å². The second-order valence-corrected chi connectivity index (χ2v) is 6.03. The van der Waals surface area contributed by atoms with Crippen LogP contribution in [0, 0.1) is 11.8 Å². The Labute approximate surface area is 95.0 Å². The van der Waals surface area contributed by atoms with E-state index in [2.05, 4.69) is 19.2 Å². The molecule has 0 heterocycles. The average molecular weight is 209 g/mol. The Morgan fingerprint density at radius 3 is 1.80 bits per heavy atom. The molecule has 2 aliphatic rings. The van der Waals surface area contributed by atoms with Gasteiger partial charge in [-0.25, -0.2) is 0 Å². The Kier molecular flexibility index (Phi) is 4.07. The Morgan fingerprint density at radius 1 is 0.867 bits per heavy atom. The van der Waals surface area contributed by atoms with E-state index >= 15 is 0 Å². The number of nitrogens with one attached hydrogen (secondary N) is 1. The molecule has 0 amide bonds. The van der Waals surface area contributed by atoms with Crippen LogP contribution < -0.4 is 5.32 Å². The van der Waals surface area contributed by atoms with Crippen molar-refractivity contribution in [3.63, 3.8) is 0 Å². The molecule has 2 fully saturated rings. The fourth-order valence-electron chi connectivity index (χ4n) is 3.22. The van der Waals surface area contributed by atoms with Crippen molar-refractivity contribution in [1.29, 1.82) is 0 Å². The fraction of sp³-hybridized carbons (Fsp3) is 1.00. The molecule has 2 rings (SSSR count). The summed E-state index contributed by atoms with van der Waals surface area (Å²) in [7, 11) is 0. The molecule has 0 spiro atoms. The molecule has 2 saturated carbocycles. The molecule has 1 heteroatoms. The summed E-state index contributed by atoms with van der Waals surface area (Å²) >= 11 is 0. The van der Waals surface area contributed by atoms with Crippen LogP contribution in [-0.2, 0) is 0 Å². The zero-order valence-electron chi connectivity index (χ0n) is 10.5. The van der Waals surface area contributed by atoms with Gasteiger partial charge in [-0.3, -0.25) is 0 Å². The van der Waals surface area contributed by atoms with E-state index in [0.29, 0.717) is 0 Å². The maximum Gasteiger partial charge on any atom is 0.00438 e. The standard InChI is InChI=1S/C14H27N/c1-11(9-13-5-3-4-6-13)15-12(2)10-14-7-8-14/h11-15H,3-10H2,1-2H3. The molecule has 2 unspecified atom stereocenters. The maximum absolute atomic E-state index is 3.78. The summed E-state index contributed by atoms with van der Waals surface area (Å²) in [5.74, 6) is 2.09. The largest absolute Gasteiger partial charge is 0.312 e. The Hall–Kier alpha value is -0.0400. The van der Waals surface area contributed by atoms with E-state index in [-0.39, 0.29) is 0 Å². The van der Waals surface area contributed by atoms with Crippen LogP contribution in [0.2, 0.25) is 0 Å². The molecule has 0 radical (unpaired) electrons. The van der Waals surface area contributed by atoms with Crippen molar-refractivity contribution < 1.29 is 0 Å². The Balaban J connectivity index is 1.59. The smallest absolute Gasteiger partial charge is 0.00438 e. The summed E-state index contributed by atoms with van der Waals surface area (Å²) in [6.07, 6.45) is 11.7. The molecule has 0 saturated heterocycles. The summed E-state index contributed by atoms with van der Waals surface area (Å²) < 4.78 is 0. The van der Waals surface area contributed by atoms with Crippen LogP contribution in [0.5, 0.6) is 0 Å². The van der Waals surface area contributed by atoms with E-state index in [1.807, 2.05) is 0 Å². The highest BCUT2D eigenvalue weighted by Gasteiger charge is 2.24. The minimum Gasteiger partial charge on any atom is -0.312 e.